The predicted molar refractivity (Wildman–Crippen MR) is 174 cm³/mol. The lowest BCUT2D eigenvalue weighted by atomic mass is 10.0. The van der Waals surface area contributed by atoms with Crippen molar-refractivity contribution in [2.24, 2.45) is 0 Å². The Hall–Kier alpha value is -2.65. The van der Waals surface area contributed by atoms with Crippen LogP contribution in [0.25, 0.3) is 0 Å². The maximum atomic E-state index is 14.5. The van der Waals surface area contributed by atoms with Gasteiger partial charge in [0.1, 0.15) is 12.1 Å². The van der Waals surface area contributed by atoms with Crippen LogP contribution in [0.3, 0.4) is 0 Å². The van der Waals surface area contributed by atoms with Crippen molar-refractivity contribution in [3.63, 3.8) is 0 Å². The van der Waals surface area contributed by atoms with E-state index in [1.54, 1.807) is 24.3 Å². The van der Waals surface area contributed by atoms with Crippen molar-refractivity contribution in [1.29, 1.82) is 0 Å². The van der Waals surface area contributed by atoms with Crippen LogP contribution in [0.4, 0.5) is 22.7 Å². The smallest absolute Gasteiger partial charge is 0.224 e. The number of nitrogens with two attached hydrogens (primary N) is 2. The molecule has 0 bridgehead atoms. The number of hydrogen-bond donors (Lipinski definition) is 2. The number of benzene rings is 2. The number of carbonyl (C=O) groups is 3. The van der Waals surface area contributed by atoms with E-state index in [4.69, 9.17) is 11.5 Å². The highest BCUT2D eigenvalue weighted by atomic mass is 32.2. The second-order valence-corrected chi connectivity index (χ2v) is 13.8. The van der Waals surface area contributed by atoms with Gasteiger partial charge >= 0.3 is 0 Å². The second-order valence-electron chi connectivity index (χ2n) is 11.1. The fraction of sp³-hybridized carbons (Fsp3) is 0.531. The van der Waals surface area contributed by atoms with Gasteiger partial charge in [0, 0.05) is 46.7 Å². The summed E-state index contributed by atoms with van der Waals surface area (Å²) in [5.74, 6) is -0.286. The first-order chi connectivity index (χ1) is 19.8. The van der Waals surface area contributed by atoms with Crippen LogP contribution >= 0.6 is 23.5 Å². The maximum absolute atomic E-state index is 14.5. The van der Waals surface area contributed by atoms with Crippen molar-refractivity contribution in [2.75, 3.05) is 27.8 Å². The summed E-state index contributed by atoms with van der Waals surface area (Å²) >= 11 is 2.69. The Bertz CT molecular complexity index is 1160. The fourth-order valence-electron chi connectivity index (χ4n) is 6.01. The molecule has 2 aliphatic rings. The summed E-state index contributed by atoms with van der Waals surface area (Å²) in [5.41, 5.74) is 14.5. The summed E-state index contributed by atoms with van der Waals surface area (Å²) in [6.07, 6.45) is 10.7. The molecule has 0 aliphatic heterocycles. The van der Waals surface area contributed by atoms with Gasteiger partial charge in [0.2, 0.25) is 16.1 Å². The highest BCUT2D eigenvalue weighted by Gasteiger charge is 2.45. The Labute approximate surface area is 253 Å². The molecule has 2 aliphatic carbocycles. The minimum atomic E-state index is -1.01. The lowest BCUT2D eigenvalue weighted by Gasteiger charge is -2.41. The molecule has 0 spiro atoms. The Kier molecular flexibility index (Phi) is 11.5. The van der Waals surface area contributed by atoms with Gasteiger partial charge < -0.3 is 16.4 Å². The topological polar surface area (TPSA) is 110 Å². The van der Waals surface area contributed by atoms with E-state index in [-0.39, 0.29) is 26.6 Å². The van der Waals surface area contributed by atoms with Crippen LogP contribution in [0.1, 0.15) is 78.1 Å². The third-order valence-electron chi connectivity index (χ3n) is 8.14. The van der Waals surface area contributed by atoms with Gasteiger partial charge in [0.15, 0.2) is 0 Å². The molecule has 1 amide bonds. The van der Waals surface area contributed by atoms with Gasteiger partial charge in [-0.1, -0.05) is 62.0 Å². The highest BCUT2D eigenvalue weighted by molar-refractivity contribution is 8.15. The molecule has 2 aromatic rings. The fourth-order valence-corrected chi connectivity index (χ4v) is 8.58. The number of likely N-dealkylation sites (N-methyl/N-ethyl adjacent to an activating group) is 1. The van der Waals surface area contributed by atoms with Gasteiger partial charge in [0.25, 0.3) is 0 Å². The molecule has 0 heterocycles. The standard InChI is InChI=1S/C32H44N4O3S2/c1-3-35(25-18-14-23(33)15-19-25)29(31(38)40-27-10-6-4-7-11-27)30(32(39)41-28-12-8-5-9-13-28)36(22(2)37)26-20-16-24(34)17-21-26/h14-21,27-30H,3-13,33-34H2,1-2H3/t29-,30+/m0/s1. The lowest BCUT2D eigenvalue weighted by Crippen LogP contribution is -2.60. The molecule has 9 heteroatoms. The molecule has 7 nitrogen and oxygen atoms in total. The SMILES string of the molecule is CCN(c1ccc(N)cc1)[C@H](C(=O)SC1CCCCC1)[C@H](C(=O)SC1CCCCC1)N(C(C)=O)c1ccc(N)cc1. The molecule has 2 aromatic carbocycles. The van der Waals surface area contributed by atoms with E-state index in [2.05, 4.69) is 0 Å². The van der Waals surface area contributed by atoms with Crippen molar-refractivity contribution < 1.29 is 14.4 Å². The molecular formula is C32H44N4O3S2. The number of nitrogens with zero attached hydrogens (tertiary/aromatic N) is 2. The van der Waals surface area contributed by atoms with Gasteiger partial charge in [-0.25, -0.2) is 0 Å². The Morgan fingerprint density at radius 3 is 1.54 bits per heavy atom. The Morgan fingerprint density at radius 2 is 1.12 bits per heavy atom. The first kappa shape index (κ1) is 31.3. The summed E-state index contributed by atoms with van der Waals surface area (Å²) in [5, 5.41) is 0.195. The third-order valence-corrected chi connectivity index (χ3v) is 10.7. The number of rotatable bonds is 10. The van der Waals surface area contributed by atoms with Gasteiger partial charge in [-0.3, -0.25) is 19.3 Å². The number of amides is 1. The van der Waals surface area contributed by atoms with Crippen molar-refractivity contribution in [3.8, 4) is 0 Å². The first-order valence-electron chi connectivity index (χ1n) is 15.0. The quantitative estimate of drug-likeness (QED) is 0.293. The molecular weight excluding hydrogens is 553 g/mol. The van der Waals surface area contributed by atoms with Crippen molar-refractivity contribution >= 4 is 62.4 Å². The van der Waals surface area contributed by atoms with Crippen molar-refractivity contribution in [3.05, 3.63) is 48.5 Å². The maximum Gasteiger partial charge on any atom is 0.224 e. The monoisotopic (exact) mass is 596 g/mol. The van der Waals surface area contributed by atoms with Crippen LogP contribution < -0.4 is 21.3 Å². The number of anilines is 4. The molecule has 0 saturated heterocycles. The highest BCUT2D eigenvalue weighted by Crippen LogP contribution is 2.37. The first-order valence-corrected chi connectivity index (χ1v) is 16.7. The van der Waals surface area contributed by atoms with E-state index in [0.29, 0.717) is 23.6 Å². The second kappa shape index (κ2) is 15.0. The predicted octanol–water partition coefficient (Wildman–Crippen LogP) is 6.65. The molecule has 2 fully saturated rings. The van der Waals surface area contributed by atoms with E-state index in [1.807, 2.05) is 36.1 Å². The van der Waals surface area contributed by atoms with Gasteiger partial charge in [-0.05, 0) is 81.1 Å². The van der Waals surface area contributed by atoms with Crippen LogP contribution in [0, 0.1) is 0 Å². The van der Waals surface area contributed by atoms with Crippen LogP contribution in [0.5, 0.6) is 0 Å². The minimum absolute atomic E-state index is 0.0696. The summed E-state index contributed by atoms with van der Waals surface area (Å²) < 4.78 is 0. The average molecular weight is 597 g/mol. The van der Waals surface area contributed by atoms with Crippen molar-refractivity contribution in [1.82, 2.24) is 0 Å². The Balaban J connectivity index is 1.82. The zero-order valence-electron chi connectivity index (χ0n) is 24.3. The van der Waals surface area contributed by atoms with Crippen LogP contribution in [0.15, 0.2) is 48.5 Å². The van der Waals surface area contributed by atoms with Crippen LogP contribution in [-0.2, 0) is 14.4 Å². The molecule has 41 heavy (non-hydrogen) atoms. The molecule has 2 saturated carbocycles. The summed E-state index contributed by atoms with van der Waals surface area (Å²) in [4.78, 5) is 45.9. The van der Waals surface area contributed by atoms with E-state index in [9.17, 15) is 14.4 Å². The summed E-state index contributed by atoms with van der Waals surface area (Å²) in [7, 11) is 0. The third kappa shape index (κ3) is 8.22. The zero-order valence-corrected chi connectivity index (χ0v) is 25.9. The van der Waals surface area contributed by atoms with E-state index in [0.717, 1.165) is 57.1 Å². The number of nitrogen functional groups attached to an aromatic ring is 2. The van der Waals surface area contributed by atoms with Crippen LogP contribution in [0.2, 0.25) is 0 Å². The average Bonchev–Trinajstić information content (AvgIpc) is 2.97. The molecule has 0 radical (unpaired) electrons. The van der Waals surface area contributed by atoms with E-state index in [1.165, 1.54) is 48.2 Å². The molecule has 222 valence electrons. The summed E-state index contributed by atoms with van der Waals surface area (Å²) in [6.45, 7) is 3.94. The minimum Gasteiger partial charge on any atom is -0.399 e. The van der Waals surface area contributed by atoms with Crippen molar-refractivity contribution in [2.45, 2.75) is 101 Å². The molecule has 4 N–H and O–H groups in total. The van der Waals surface area contributed by atoms with E-state index < -0.39 is 12.1 Å². The van der Waals surface area contributed by atoms with E-state index >= 15 is 0 Å². The van der Waals surface area contributed by atoms with Gasteiger partial charge in [-0.2, -0.15) is 0 Å². The largest absolute Gasteiger partial charge is 0.399 e. The zero-order chi connectivity index (χ0) is 29.4. The van der Waals surface area contributed by atoms with Gasteiger partial charge in [-0.15, -0.1) is 0 Å². The number of hydrogen-bond acceptors (Lipinski definition) is 8. The lowest BCUT2D eigenvalue weighted by molar-refractivity contribution is -0.122. The number of thioether (sulfide) groups is 2. The normalized spacial score (nSPS) is 17.9. The molecule has 0 unspecified atom stereocenters. The molecule has 2 atom stereocenters. The van der Waals surface area contributed by atoms with Gasteiger partial charge in [0.05, 0.1) is 0 Å². The summed E-state index contributed by atoms with van der Waals surface area (Å²) in [6, 6.07) is 12.5. The van der Waals surface area contributed by atoms with Crippen LogP contribution in [-0.4, -0.2) is 45.3 Å². The Morgan fingerprint density at radius 1 is 0.707 bits per heavy atom. The number of carbonyl (C=O) groups excluding carboxylic acids is 3. The molecule has 0 aromatic heterocycles. The molecule has 4 rings (SSSR count).